The van der Waals surface area contributed by atoms with E-state index in [0.29, 0.717) is 33.9 Å². The van der Waals surface area contributed by atoms with Crippen molar-refractivity contribution in [2.75, 3.05) is 38.0 Å². The zero-order valence-corrected chi connectivity index (χ0v) is 31.3. The van der Waals surface area contributed by atoms with Gasteiger partial charge in [-0.2, -0.15) is 26.3 Å². The van der Waals surface area contributed by atoms with Crippen molar-refractivity contribution in [1.82, 2.24) is 19.1 Å². The van der Waals surface area contributed by atoms with E-state index in [2.05, 4.69) is 12.4 Å². The summed E-state index contributed by atoms with van der Waals surface area (Å²) in [5.74, 6) is -0.0174. The Kier molecular flexibility index (Phi) is 8.49. The van der Waals surface area contributed by atoms with Crippen LogP contribution in [0.25, 0.3) is 33.2 Å². The van der Waals surface area contributed by atoms with Gasteiger partial charge >= 0.3 is 33.4 Å². The van der Waals surface area contributed by atoms with Crippen molar-refractivity contribution < 1.29 is 47.4 Å². The number of pyridine rings is 2. The Morgan fingerprint density at radius 2 is 0.961 bits per heavy atom. The minimum absolute atomic E-state index is 0. The van der Waals surface area contributed by atoms with E-state index < -0.39 is 34.6 Å². The predicted octanol–water partition coefficient (Wildman–Crippen LogP) is 9.10. The number of hydrogen-bond donors (Lipinski definition) is 0. The number of anilines is 2. The minimum atomic E-state index is -4.81. The number of rotatable bonds is 2. The van der Waals surface area contributed by atoms with Gasteiger partial charge in [0.15, 0.2) is 0 Å². The summed E-state index contributed by atoms with van der Waals surface area (Å²) in [7, 11) is 7.08. The van der Waals surface area contributed by atoms with E-state index in [1.807, 2.05) is 0 Å². The van der Waals surface area contributed by atoms with Crippen molar-refractivity contribution in [2.24, 2.45) is 0 Å². The second kappa shape index (κ2) is 11.9. The molecule has 1 aliphatic heterocycles. The summed E-state index contributed by atoms with van der Waals surface area (Å²) in [4.78, 5) is 13.2. The van der Waals surface area contributed by atoms with Crippen LogP contribution in [0.3, 0.4) is 0 Å². The Labute approximate surface area is 306 Å². The fourth-order valence-corrected chi connectivity index (χ4v) is 6.93. The van der Waals surface area contributed by atoms with Gasteiger partial charge in [0.25, 0.3) is 0 Å². The first-order valence-corrected chi connectivity index (χ1v) is 15.9. The quantitative estimate of drug-likeness (QED) is 0.129. The van der Waals surface area contributed by atoms with E-state index >= 15 is 26.3 Å². The maximum absolute atomic E-state index is 15.1. The molecule has 0 N–H and O–H groups in total. The molecule has 1 aliphatic rings. The molecule has 0 fully saturated rings. The van der Waals surface area contributed by atoms with Gasteiger partial charge in [-0.3, -0.25) is 9.97 Å². The number of fused-ring (bicyclic) bond motifs is 8. The SMILES string of the molecule is CN(C)c1cc2nc(c1)C(C)(C)c1cc(N(C)C)cc(n1)-n1[c-]c3c(cccc3c1C(F)(F)F)C(C)(C)c1cccc3c(C(F)(F)F)n-2[c-]c13.[Pt+2]. The Balaban J connectivity index is 0.00000448. The Morgan fingerprint density at radius 1 is 0.588 bits per heavy atom. The van der Waals surface area contributed by atoms with Gasteiger partial charge in [0.1, 0.15) is 0 Å². The van der Waals surface area contributed by atoms with Gasteiger partial charge < -0.3 is 18.9 Å². The van der Waals surface area contributed by atoms with Gasteiger partial charge in [0.2, 0.25) is 0 Å². The maximum atomic E-state index is 15.1. The van der Waals surface area contributed by atoms with Gasteiger partial charge in [-0.15, -0.1) is 21.9 Å². The summed E-state index contributed by atoms with van der Waals surface area (Å²) >= 11 is 0. The van der Waals surface area contributed by atoms with Crippen LogP contribution in [0.2, 0.25) is 0 Å². The summed E-state index contributed by atoms with van der Waals surface area (Å²) < 4.78 is 92.8. The zero-order valence-electron chi connectivity index (χ0n) is 29.0. The number of nitrogens with zero attached hydrogens (tertiary/aromatic N) is 6. The number of hydrogen-bond acceptors (Lipinski definition) is 4. The predicted molar refractivity (Wildman–Crippen MR) is 183 cm³/mol. The molecule has 0 saturated carbocycles. The third kappa shape index (κ3) is 5.70. The molecular formula is C38H34F6N6Pt. The second-order valence-corrected chi connectivity index (χ2v) is 14.2. The van der Waals surface area contributed by atoms with Crippen LogP contribution in [-0.4, -0.2) is 47.3 Å². The van der Waals surface area contributed by atoms with Crippen molar-refractivity contribution in [1.29, 1.82) is 0 Å². The molecule has 5 heterocycles. The van der Waals surface area contributed by atoms with E-state index in [4.69, 9.17) is 9.97 Å². The first-order chi connectivity index (χ1) is 23.2. The number of aromatic nitrogens is 4. The molecule has 13 heteroatoms. The van der Waals surface area contributed by atoms with E-state index in [9.17, 15) is 0 Å². The van der Waals surface area contributed by atoms with Crippen LogP contribution in [0.5, 0.6) is 0 Å². The van der Waals surface area contributed by atoms with Crippen molar-refractivity contribution in [3.63, 3.8) is 0 Å². The molecule has 0 radical (unpaired) electrons. The monoisotopic (exact) mass is 883 g/mol. The Bertz CT molecular complexity index is 2170. The van der Waals surface area contributed by atoms with Crippen molar-refractivity contribution in [2.45, 2.75) is 50.9 Å². The second-order valence-electron chi connectivity index (χ2n) is 14.2. The van der Waals surface area contributed by atoms with Gasteiger partial charge in [-0.25, -0.2) is 0 Å². The molecule has 268 valence electrons. The minimum Gasteiger partial charge on any atom is -0.398 e. The van der Waals surface area contributed by atoms with Crippen molar-refractivity contribution >= 4 is 32.9 Å². The molecule has 6 aromatic rings. The molecule has 0 saturated heterocycles. The molecule has 0 aliphatic carbocycles. The standard InChI is InChI=1S/C38H34F6N6.Pt/c1-35(2)27-13-9-11-23-25(27)19-49(33(23)37(39,40)41)31-17-21(47(5)6)15-29(45-31)36(3,4)30-16-22(48(7)8)18-32(46-30)50-20-26-24(12-10-14-28(26)35)34(50)38(42,43)44;/h9-18H,1-8H3;/q-2;+2. The first-order valence-electron chi connectivity index (χ1n) is 15.9. The van der Waals surface area contributed by atoms with Crippen LogP contribution in [0.15, 0.2) is 60.7 Å². The van der Waals surface area contributed by atoms with Gasteiger partial charge in [-0.05, 0) is 55.9 Å². The smallest absolute Gasteiger partial charge is 0.398 e. The van der Waals surface area contributed by atoms with Crippen LogP contribution in [-0.2, 0) is 44.2 Å². The van der Waals surface area contributed by atoms with Gasteiger partial charge in [0, 0.05) is 67.8 Å². The van der Waals surface area contributed by atoms with Crippen LogP contribution in [0.1, 0.15) is 61.6 Å². The Hall–Kier alpha value is -4.31. The van der Waals surface area contributed by atoms with E-state index in [-0.39, 0.29) is 54.2 Å². The fourth-order valence-electron chi connectivity index (χ4n) is 6.93. The largest absolute Gasteiger partial charge is 2.00 e. The third-order valence-corrected chi connectivity index (χ3v) is 9.78. The molecule has 51 heavy (non-hydrogen) atoms. The summed E-state index contributed by atoms with van der Waals surface area (Å²) in [6.07, 6.45) is -3.56. The van der Waals surface area contributed by atoms with Crippen LogP contribution >= 0.6 is 0 Å². The summed E-state index contributed by atoms with van der Waals surface area (Å²) in [6.45, 7) is 7.16. The Morgan fingerprint density at radius 3 is 1.29 bits per heavy atom. The molecule has 8 bridgehead atoms. The average Bonchev–Trinajstić information content (AvgIpc) is 3.63. The molecule has 0 spiro atoms. The maximum Gasteiger partial charge on any atom is 2.00 e. The average molecular weight is 884 g/mol. The van der Waals surface area contributed by atoms with Crippen LogP contribution < -0.4 is 9.80 Å². The molecular weight excluding hydrogens is 850 g/mol. The van der Waals surface area contributed by atoms with E-state index in [1.165, 1.54) is 24.3 Å². The first kappa shape index (κ1) is 36.5. The number of alkyl halides is 6. The van der Waals surface area contributed by atoms with Gasteiger partial charge in [-0.1, -0.05) is 61.0 Å². The summed E-state index contributed by atoms with van der Waals surface area (Å²) in [5.41, 5.74) is -1.36. The normalized spacial score (nSPS) is 15.0. The van der Waals surface area contributed by atoms with Crippen molar-refractivity contribution in [3.8, 4) is 11.6 Å². The topological polar surface area (TPSA) is 42.1 Å². The summed E-state index contributed by atoms with van der Waals surface area (Å²) in [6, 6.07) is 15.9. The van der Waals surface area contributed by atoms with Crippen molar-refractivity contribution in [3.05, 3.63) is 107 Å². The molecule has 0 atom stereocenters. The molecule has 0 unspecified atom stereocenters. The number of halogens is 6. The molecule has 2 aromatic carbocycles. The zero-order chi connectivity index (χ0) is 36.3. The van der Waals surface area contributed by atoms with Crippen LogP contribution in [0, 0.1) is 12.4 Å². The van der Waals surface area contributed by atoms with E-state index in [0.717, 1.165) is 9.13 Å². The molecule has 4 aromatic heterocycles. The fraction of sp³-hybridized carbons (Fsp3) is 0.316. The molecule has 7 rings (SSSR count). The van der Waals surface area contributed by atoms with Crippen LogP contribution in [0.4, 0.5) is 37.7 Å². The third-order valence-electron chi connectivity index (χ3n) is 9.78. The molecule has 0 amide bonds. The van der Waals surface area contributed by atoms with E-state index in [1.54, 1.807) is 102 Å². The van der Waals surface area contributed by atoms with Gasteiger partial charge in [0.05, 0.1) is 11.6 Å². The number of benzene rings is 2. The summed E-state index contributed by atoms with van der Waals surface area (Å²) in [5, 5.41) is 0.173. The molecule has 6 nitrogen and oxygen atoms in total.